The average Bonchev–Trinajstić information content (AvgIpc) is 3.87. The van der Waals surface area contributed by atoms with E-state index >= 15 is 0 Å². The number of aromatic hydroxyl groups is 1. The van der Waals surface area contributed by atoms with Gasteiger partial charge in [-0.15, -0.1) is 0 Å². The molecule has 1 fully saturated rings. The quantitative estimate of drug-likeness (QED) is 0.135. The molecule has 14 heteroatoms. The number of hydrogen-bond donors (Lipinski definition) is 3. The lowest BCUT2D eigenvalue weighted by Crippen LogP contribution is -2.62. The van der Waals surface area contributed by atoms with E-state index in [1.165, 1.54) is 9.91 Å². The number of hydrazine groups is 1. The maximum atomic E-state index is 14.7. The van der Waals surface area contributed by atoms with Crippen molar-refractivity contribution in [1.29, 1.82) is 0 Å². The third-order valence-corrected chi connectivity index (χ3v) is 13.6. The van der Waals surface area contributed by atoms with Gasteiger partial charge in [-0.3, -0.25) is 34.2 Å². The molecule has 1 saturated heterocycles. The van der Waals surface area contributed by atoms with Crippen LogP contribution in [0.15, 0.2) is 73.1 Å². The van der Waals surface area contributed by atoms with E-state index in [9.17, 15) is 24.3 Å². The Balaban J connectivity index is 1.20. The maximum absolute atomic E-state index is 14.7. The fourth-order valence-electron chi connectivity index (χ4n) is 10.3. The molecule has 3 aromatic heterocycles. The Labute approximate surface area is 387 Å². The van der Waals surface area contributed by atoms with Gasteiger partial charge >= 0.3 is 5.97 Å². The molecule has 5 heterocycles. The smallest absolute Gasteiger partial charge is 0.324 e. The highest BCUT2D eigenvalue weighted by Gasteiger charge is 2.40. The summed E-state index contributed by atoms with van der Waals surface area (Å²) in [6, 6.07) is 16.6. The van der Waals surface area contributed by atoms with Crippen molar-refractivity contribution in [2.24, 2.45) is 17.3 Å². The van der Waals surface area contributed by atoms with Crippen molar-refractivity contribution < 1.29 is 33.8 Å². The molecule has 3 N–H and O–H groups in total. The van der Waals surface area contributed by atoms with Gasteiger partial charge in [-0.1, -0.05) is 45.9 Å². The van der Waals surface area contributed by atoms with Crippen LogP contribution in [0, 0.1) is 17.3 Å². The Morgan fingerprint density at radius 3 is 2.53 bits per heavy atom. The number of pyridine rings is 2. The van der Waals surface area contributed by atoms with Crippen LogP contribution in [0.4, 0.5) is 0 Å². The number of esters is 1. The summed E-state index contributed by atoms with van der Waals surface area (Å²) in [5.41, 5.74) is 11.6. The number of aromatic nitrogens is 3. The van der Waals surface area contributed by atoms with Crippen LogP contribution in [0.2, 0.25) is 0 Å². The number of benzene rings is 2. The van der Waals surface area contributed by atoms with Crippen molar-refractivity contribution >= 4 is 34.6 Å². The van der Waals surface area contributed by atoms with Gasteiger partial charge in [0, 0.05) is 86.0 Å². The molecule has 3 amide bonds. The Morgan fingerprint density at radius 1 is 1.02 bits per heavy atom. The number of likely N-dealkylation sites (N-methyl/N-ethyl adjacent to an activating group) is 1. The van der Waals surface area contributed by atoms with E-state index in [-0.39, 0.29) is 42.6 Å². The fourth-order valence-corrected chi connectivity index (χ4v) is 10.3. The van der Waals surface area contributed by atoms with Gasteiger partial charge in [-0.2, -0.15) is 0 Å². The first-order valence-corrected chi connectivity index (χ1v) is 23.3. The molecule has 2 aromatic carbocycles. The number of nitrogens with one attached hydrogen (secondary N) is 2. The summed E-state index contributed by atoms with van der Waals surface area (Å²) in [5, 5.41) is 16.8. The zero-order chi connectivity index (χ0) is 47.0. The number of aryl methyl sites for hydroxylation is 1. The molecule has 5 aromatic rings. The van der Waals surface area contributed by atoms with E-state index in [1.807, 2.05) is 51.1 Å². The van der Waals surface area contributed by atoms with E-state index in [2.05, 4.69) is 59.3 Å². The topological polar surface area (TPSA) is 168 Å². The molecule has 0 spiro atoms. The fraction of sp³-hybridized carbons (Fsp3) is 0.462. The lowest BCUT2D eigenvalue weighted by atomic mass is 9.84. The van der Waals surface area contributed by atoms with Crippen molar-refractivity contribution in [1.82, 2.24) is 35.2 Å². The van der Waals surface area contributed by atoms with Gasteiger partial charge in [0.2, 0.25) is 11.8 Å². The van der Waals surface area contributed by atoms with Crippen molar-refractivity contribution in [3.63, 3.8) is 0 Å². The molecule has 1 aliphatic carbocycles. The van der Waals surface area contributed by atoms with Gasteiger partial charge in [-0.25, -0.2) is 5.43 Å². The second-order valence-corrected chi connectivity index (χ2v) is 19.4. The van der Waals surface area contributed by atoms with Crippen LogP contribution in [0.3, 0.4) is 0 Å². The van der Waals surface area contributed by atoms with Gasteiger partial charge in [0.15, 0.2) is 0 Å². The monoisotopic (exact) mass is 897 g/mol. The molecule has 3 aliphatic rings. The molecule has 1 unspecified atom stereocenters. The minimum absolute atomic E-state index is 0.00704. The third kappa shape index (κ3) is 9.30. The number of carbonyl (C=O) groups excluding carboxylic acids is 4. The van der Waals surface area contributed by atoms with E-state index in [0.29, 0.717) is 50.8 Å². The van der Waals surface area contributed by atoms with Crippen LogP contribution < -0.4 is 10.7 Å². The Bertz CT molecular complexity index is 2630. The molecule has 66 heavy (non-hydrogen) atoms. The van der Waals surface area contributed by atoms with Crippen molar-refractivity contribution in [2.45, 2.75) is 111 Å². The number of nitrogens with zero attached hydrogens (tertiary/aromatic N) is 5. The van der Waals surface area contributed by atoms with Crippen molar-refractivity contribution in [3.8, 4) is 28.1 Å². The molecular formula is C52H63N7O7. The zero-order valence-corrected chi connectivity index (χ0v) is 39.4. The number of phenols is 1. The summed E-state index contributed by atoms with van der Waals surface area (Å²) in [5.74, 6) is -2.19. The number of rotatable bonds is 9. The number of ether oxygens (including phenoxy) is 2. The Morgan fingerprint density at radius 2 is 1.79 bits per heavy atom. The number of carbonyl (C=O) groups is 4. The highest BCUT2D eigenvalue weighted by Crippen LogP contribution is 2.42. The Hall–Kier alpha value is -6.12. The molecular weight excluding hydrogens is 835 g/mol. The van der Waals surface area contributed by atoms with E-state index in [1.54, 1.807) is 38.7 Å². The van der Waals surface area contributed by atoms with Crippen molar-refractivity contribution in [2.75, 3.05) is 27.3 Å². The van der Waals surface area contributed by atoms with Crippen LogP contribution in [0.5, 0.6) is 5.75 Å². The summed E-state index contributed by atoms with van der Waals surface area (Å²) in [4.78, 5) is 68.1. The number of cyclic esters (lactones) is 1. The van der Waals surface area contributed by atoms with Crippen LogP contribution in [0.1, 0.15) is 88.6 Å². The molecule has 14 nitrogen and oxygen atoms in total. The second kappa shape index (κ2) is 19.0. The minimum atomic E-state index is -1.13. The first kappa shape index (κ1) is 46.4. The molecule has 2 aliphatic heterocycles. The number of amides is 3. The van der Waals surface area contributed by atoms with Gasteiger partial charge in [0.25, 0.3) is 5.91 Å². The molecule has 5 atom stereocenters. The number of methoxy groups -OCH3 is 1. The maximum Gasteiger partial charge on any atom is 0.324 e. The van der Waals surface area contributed by atoms with E-state index in [4.69, 9.17) is 14.5 Å². The van der Waals surface area contributed by atoms with Gasteiger partial charge in [0.1, 0.15) is 23.9 Å². The van der Waals surface area contributed by atoms with Crippen LogP contribution in [-0.4, -0.2) is 98.7 Å². The minimum Gasteiger partial charge on any atom is -0.508 e. The predicted molar refractivity (Wildman–Crippen MR) is 252 cm³/mol. The van der Waals surface area contributed by atoms with Crippen LogP contribution >= 0.6 is 0 Å². The molecule has 8 rings (SSSR count). The summed E-state index contributed by atoms with van der Waals surface area (Å²) < 4.78 is 14.2. The highest BCUT2D eigenvalue weighted by atomic mass is 16.5. The molecule has 6 bridgehead atoms. The summed E-state index contributed by atoms with van der Waals surface area (Å²) in [6.07, 6.45) is 5.82. The summed E-state index contributed by atoms with van der Waals surface area (Å²) >= 11 is 0. The van der Waals surface area contributed by atoms with Gasteiger partial charge in [0.05, 0.1) is 24.1 Å². The summed E-state index contributed by atoms with van der Waals surface area (Å²) in [7, 11) is 3.33. The lowest BCUT2D eigenvalue weighted by molar-refractivity contribution is -0.155. The van der Waals surface area contributed by atoms with E-state index in [0.717, 1.165) is 55.8 Å². The first-order chi connectivity index (χ1) is 31.6. The largest absolute Gasteiger partial charge is 0.508 e. The van der Waals surface area contributed by atoms with Gasteiger partial charge in [-0.05, 0) is 116 Å². The van der Waals surface area contributed by atoms with Crippen LogP contribution in [0.25, 0.3) is 33.3 Å². The molecule has 348 valence electrons. The predicted octanol–water partition coefficient (Wildman–Crippen LogP) is 6.74. The lowest BCUT2D eigenvalue weighted by Gasteiger charge is -2.37. The standard InChI is InChI=1S/C52H63N7O7/c1-9-58-44-17-16-33-26-39(44)40(47(58)38-14-11-19-54-45(38)31(4)65-8)28-52(5,6)29-66-51(64)41-15-12-20-59(56-41)50(63)43(23-32-21-35(33)25-37(60)22-32)55-48(61)46(30(2)3)57(7)49(62)36-24-34-13-10-18-53-42(34)27-36/h10-11,13-14,16-19,21-22,25-26,30-31,36,41,43,46,56,60H,9,12,15,20,23-24,27-29H2,1-8H3,(H,55,61)/t31-,36?,41-,43-,46-/m0/s1. The highest BCUT2D eigenvalue weighted by molar-refractivity contribution is 5.96. The normalized spacial score (nSPS) is 20.6. The SMILES string of the molecule is CCn1c(-c2cccnc2[C@H](C)OC)c2c3cc(ccc31)-c1cc(O)cc(c1)C[C@H](NC(=O)[C@H](C(C)C)N(C)C(=O)C1Cc3cccnc3C1)C(=O)N1CCC[C@H](N1)C(=O)OCC(C)(C)C2. The molecule has 0 radical (unpaired) electrons. The zero-order valence-electron chi connectivity index (χ0n) is 39.4. The van der Waals surface area contributed by atoms with Gasteiger partial charge < -0.3 is 29.4 Å². The number of fused-ring (bicyclic) bond motifs is 7. The third-order valence-electron chi connectivity index (χ3n) is 13.6. The van der Waals surface area contributed by atoms with Crippen molar-refractivity contribution in [3.05, 3.63) is 101 Å². The van der Waals surface area contributed by atoms with E-state index < -0.39 is 41.3 Å². The van der Waals surface area contributed by atoms with Crippen LogP contribution in [-0.2, 0) is 60.9 Å². The molecule has 0 saturated carbocycles. The summed E-state index contributed by atoms with van der Waals surface area (Å²) in [6.45, 7) is 13.1. The first-order valence-electron chi connectivity index (χ1n) is 23.3. The average molecular weight is 898 g/mol. The Kier molecular flexibility index (Phi) is 13.4. The second-order valence-electron chi connectivity index (χ2n) is 19.4. The number of phenolic OH excluding ortho intramolecular Hbond substituents is 1. The number of hydrogen-bond acceptors (Lipinski definition) is 10.